The number of halogens is 1. The van der Waals surface area contributed by atoms with Crippen molar-refractivity contribution in [1.29, 1.82) is 0 Å². The summed E-state index contributed by atoms with van der Waals surface area (Å²) in [6, 6.07) is 31.2. The molecule has 1 unspecified atom stereocenters. The molecule has 0 aromatic heterocycles. The predicted octanol–water partition coefficient (Wildman–Crippen LogP) is 5.34. The Kier molecular flexibility index (Phi) is 9.96. The highest BCUT2D eigenvalue weighted by atomic mass is 79.9. The lowest BCUT2D eigenvalue weighted by Gasteiger charge is -2.33. The fourth-order valence-corrected chi connectivity index (χ4v) is 6.15. The van der Waals surface area contributed by atoms with Crippen molar-refractivity contribution in [2.45, 2.75) is 30.8 Å². The Morgan fingerprint density at radius 3 is 1.93 bits per heavy atom. The zero-order chi connectivity index (χ0) is 29.4. The average Bonchev–Trinajstić information content (AvgIpc) is 2.99. The molecule has 0 aliphatic carbocycles. The summed E-state index contributed by atoms with van der Waals surface area (Å²) in [4.78, 5) is 29.0. The topological polar surface area (TPSA) is 86.8 Å². The number of carbonyl (C=O) groups excluding carboxylic acids is 2. The lowest BCUT2D eigenvalue weighted by atomic mass is 10.0. The normalized spacial score (nSPS) is 11.9. The van der Waals surface area contributed by atoms with Gasteiger partial charge in [-0.3, -0.25) is 13.9 Å². The highest BCUT2D eigenvalue weighted by Gasteiger charge is 2.34. The minimum absolute atomic E-state index is 0.0700. The van der Waals surface area contributed by atoms with Crippen LogP contribution in [0.1, 0.15) is 16.7 Å². The molecule has 0 aliphatic rings. The van der Waals surface area contributed by atoms with Crippen molar-refractivity contribution in [2.75, 3.05) is 17.9 Å². The second-order valence-electron chi connectivity index (χ2n) is 9.63. The summed E-state index contributed by atoms with van der Waals surface area (Å²) in [7, 11) is -2.60. The number of sulfonamides is 1. The van der Waals surface area contributed by atoms with E-state index >= 15 is 0 Å². The van der Waals surface area contributed by atoms with Crippen LogP contribution in [-0.4, -0.2) is 44.8 Å². The molecule has 0 spiro atoms. The minimum atomic E-state index is -4.13. The van der Waals surface area contributed by atoms with E-state index in [2.05, 4.69) is 21.2 Å². The Bertz CT molecular complexity index is 1560. The zero-order valence-corrected chi connectivity index (χ0v) is 25.3. The van der Waals surface area contributed by atoms with E-state index in [9.17, 15) is 18.0 Å². The monoisotopic (exact) mass is 633 g/mol. The quantitative estimate of drug-likeness (QED) is 0.242. The van der Waals surface area contributed by atoms with Crippen LogP contribution in [0.15, 0.2) is 119 Å². The molecule has 0 fully saturated rings. The zero-order valence-electron chi connectivity index (χ0n) is 22.9. The molecule has 0 saturated heterocycles. The first-order valence-electron chi connectivity index (χ1n) is 13.1. The Morgan fingerprint density at radius 1 is 0.805 bits per heavy atom. The number of benzene rings is 4. The molecule has 0 radical (unpaired) electrons. The van der Waals surface area contributed by atoms with E-state index in [1.165, 1.54) is 24.1 Å². The Morgan fingerprint density at radius 2 is 1.37 bits per heavy atom. The average molecular weight is 635 g/mol. The van der Waals surface area contributed by atoms with Crippen molar-refractivity contribution in [3.05, 3.63) is 130 Å². The second kappa shape index (κ2) is 13.6. The van der Waals surface area contributed by atoms with Crippen LogP contribution < -0.4 is 9.62 Å². The Balaban J connectivity index is 1.77. The molecule has 7 nitrogen and oxygen atoms in total. The molecular formula is C32H32BrN3O4S. The fourth-order valence-electron chi connectivity index (χ4n) is 4.47. The summed E-state index contributed by atoms with van der Waals surface area (Å²) in [5.41, 5.74) is 2.95. The Hall–Kier alpha value is -3.95. The van der Waals surface area contributed by atoms with Gasteiger partial charge in [0.25, 0.3) is 10.0 Å². The molecular weight excluding hydrogens is 602 g/mol. The van der Waals surface area contributed by atoms with Crippen LogP contribution in [-0.2, 0) is 32.6 Å². The minimum Gasteiger partial charge on any atom is -0.357 e. The number of nitrogens with zero attached hydrogens (tertiary/aromatic N) is 2. The SMILES string of the molecule is CNC(=O)C(Cc1ccccc1)N(Cc1ccccc1)C(=O)CN(c1ccc(Br)cc1)S(=O)(=O)c1ccc(C)cc1. The van der Waals surface area contributed by atoms with Crippen molar-refractivity contribution < 1.29 is 18.0 Å². The number of rotatable bonds is 11. The standard InChI is InChI=1S/C32H32BrN3O4S/c1-24-13-19-29(20-14-24)41(39,40)36(28-17-15-27(33)16-18-28)23-31(37)35(22-26-11-7-4-8-12-26)30(32(38)34-2)21-25-9-5-3-6-10-25/h3-20,30H,21-23H2,1-2H3,(H,34,38). The van der Waals surface area contributed by atoms with Gasteiger partial charge in [-0.1, -0.05) is 94.3 Å². The number of hydrogen-bond donors (Lipinski definition) is 1. The third kappa shape index (κ3) is 7.62. The maximum Gasteiger partial charge on any atom is 0.264 e. The maximum atomic E-state index is 14.2. The van der Waals surface area contributed by atoms with E-state index in [0.29, 0.717) is 5.69 Å². The van der Waals surface area contributed by atoms with Gasteiger partial charge >= 0.3 is 0 Å². The number of aryl methyl sites for hydroxylation is 1. The Labute approximate surface area is 250 Å². The van der Waals surface area contributed by atoms with Crippen LogP contribution in [0.25, 0.3) is 0 Å². The van der Waals surface area contributed by atoms with E-state index in [0.717, 1.165) is 25.5 Å². The number of carbonyl (C=O) groups is 2. The van der Waals surface area contributed by atoms with Crippen molar-refractivity contribution in [2.24, 2.45) is 0 Å². The molecule has 4 rings (SSSR count). The summed E-state index contributed by atoms with van der Waals surface area (Å²) in [6.07, 6.45) is 0.266. The summed E-state index contributed by atoms with van der Waals surface area (Å²) in [6.45, 7) is 1.51. The highest BCUT2D eigenvalue weighted by molar-refractivity contribution is 9.10. The van der Waals surface area contributed by atoms with Crippen molar-refractivity contribution in [1.82, 2.24) is 10.2 Å². The molecule has 212 valence electrons. The van der Waals surface area contributed by atoms with Gasteiger partial charge in [-0.25, -0.2) is 8.42 Å². The van der Waals surface area contributed by atoms with Crippen molar-refractivity contribution in [3.8, 4) is 0 Å². The second-order valence-corrected chi connectivity index (χ2v) is 12.4. The number of nitrogens with one attached hydrogen (secondary N) is 1. The number of hydrogen-bond acceptors (Lipinski definition) is 4. The van der Waals surface area contributed by atoms with Gasteiger partial charge in [0.2, 0.25) is 11.8 Å². The highest BCUT2D eigenvalue weighted by Crippen LogP contribution is 2.26. The number of likely N-dealkylation sites (N-methyl/N-ethyl adjacent to an activating group) is 1. The molecule has 0 aliphatic heterocycles. The largest absolute Gasteiger partial charge is 0.357 e. The van der Waals surface area contributed by atoms with Crippen LogP contribution in [0.3, 0.4) is 0 Å². The molecule has 41 heavy (non-hydrogen) atoms. The van der Waals surface area contributed by atoms with Gasteiger partial charge in [-0.15, -0.1) is 0 Å². The summed E-state index contributed by atoms with van der Waals surface area (Å²) in [5.74, 6) is -0.841. The van der Waals surface area contributed by atoms with E-state index in [4.69, 9.17) is 0 Å². The lowest BCUT2D eigenvalue weighted by molar-refractivity contribution is -0.139. The van der Waals surface area contributed by atoms with Gasteiger partial charge in [0.05, 0.1) is 10.6 Å². The first kappa shape index (κ1) is 30.0. The van der Waals surface area contributed by atoms with Crippen LogP contribution in [0.2, 0.25) is 0 Å². The number of amides is 2. The van der Waals surface area contributed by atoms with Crippen LogP contribution >= 0.6 is 15.9 Å². The first-order chi connectivity index (χ1) is 19.7. The lowest BCUT2D eigenvalue weighted by Crippen LogP contribution is -2.53. The van der Waals surface area contributed by atoms with Crippen LogP contribution in [0, 0.1) is 6.92 Å². The van der Waals surface area contributed by atoms with E-state index in [-0.39, 0.29) is 23.8 Å². The van der Waals surface area contributed by atoms with Crippen LogP contribution in [0.5, 0.6) is 0 Å². The maximum absolute atomic E-state index is 14.2. The fraction of sp³-hybridized carbons (Fsp3) is 0.188. The molecule has 9 heteroatoms. The van der Waals surface area contributed by atoms with E-state index < -0.39 is 28.5 Å². The predicted molar refractivity (Wildman–Crippen MR) is 165 cm³/mol. The molecule has 1 N–H and O–H groups in total. The molecule has 0 heterocycles. The smallest absolute Gasteiger partial charge is 0.264 e. The van der Waals surface area contributed by atoms with Crippen molar-refractivity contribution in [3.63, 3.8) is 0 Å². The number of anilines is 1. The van der Waals surface area contributed by atoms with Gasteiger partial charge in [0.15, 0.2) is 0 Å². The van der Waals surface area contributed by atoms with Crippen molar-refractivity contribution >= 4 is 43.5 Å². The van der Waals surface area contributed by atoms with Gasteiger partial charge < -0.3 is 10.2 Å². The van der Waals surface area contributed by atoms with Crippen LogP contribution in [0.4, 0.5) is 5.69 Å². The van der Waals surface area contributed by atoms with E-state index in [1.54, 1.807) is 36.4 Å². The summed E-state index contributed by atoms with van der Waals surface area (Å²) < 4.78 is 29.8. The van der Waals surface area contributed by atoms with Gasteiger partial charge in [-0.2, -0.15) is 0 Å². The molecule has 4 aromatic rings. The summed E-state index contributed by atoms with van der Waals surface area (Å²) >= 11 is 3.40. The summed E-state index contributed by atoms with van der Waals surface area (Å²) in [5, 5.41) is 2.69. The molecule has 4 aromatic carbocycles. The van der Waals surface area contributed by atoms with Gasteiger partial charge in [-0.05, 0) is 54.4 Å². The first-order valence-corrected chi connectivity index (χ1v) is 15.4. The van der Waals surface area contributed by atoms with E-state index in [1.807, 2.05) is 67.6 Å². The molecule has 1 atom stereocenters. The van der Waals surface area contributed by atoms with Gasteiger partial charge in [0.1, 0.15) is 12.6 Å². The van der Waals surface area contributed by atoms with Gasteiger partial charge in [0, 0.05) is 24.5 Å². The molecule has 0 bridgehead atoms. The third-order valence-corrected chi connectivity index (χ3v) is 9.03. The third-order valence-electron chi connectivity index (χ3n) is 6.72. The molecule has 2 amide bonds. The molecule has 0 saturated carbocycles.